The molecule has 0 unspecified atom stereocenters. The van der Waals surface area contributed by atoms with E-state index in [1.165, 1.54) is 5.56 Å². The van der Waals surface area contributed by atoms with Gasteiger partial charge in [-0.1, -0.05) is 78.9 Å². The summed E-state index contributed by atoms with van der Waals surface area (Å²) in [4.78, 5) is 13.1. The van der Waals surface area contributed by atoms with Crippen LogP contribution in [0, 0.1) is 0 Å². The van der Waals surface area contributed by atoms with E-state index >= 15 is 0 Å². The number of thioether (sulfide) groups is 1. The van der Waals surface area contributed by atoms with Crippen LogP contribution < -0.4 is 5.32 Å². The van der Waals surface area contributed by atoms with Crippen LogP contribution >= 0.6 is 11.8 Å². The van der Waals surface area contributed by atoms with Crippen LogP contribution in [0.4, 0.5) is 0 Å². The van der Waals surface area contributed by atoms with Gasteiger partial charge in [-0.05, 0) is 17.7 Å². The third kappa shape index (κ3) is 5.60. The highest BCUT2D eigenvalue weighted by Gasteiger charge is 2.50. The molecule has 0 spiro atoms. The van der Waals surface area contributed by atoms with Crippen molar-refractivity contribution in [3.8, 4) is 0 Å². The molecular formula is C28H29NO5S. The number of methoxy groups -OCH3 is 1. The van der Waals surface area contributed by atoms with Crippen LogP contribution in [0.3, 0.4) is 0 Å². The van der Waals surface area contributed by atoms with Crippen LogP contribution in [0.15, 0.2) is 91.0 Å². The summed E-state index contributed by atoms with van der Waals surface area (Å²) in [5.41, 5.74) is 2.75. The number of carbonyl (C=O) groups excluding carboxylic acids is 1. The summed E-state index contributed by atoms with van der Waals surface area (Å²) in [6.45, 7) is 0.381. The van der Waals surface area contributed by atoms with Gasteiger partial charge in [0.2, 0.25) is 0 Å². The van der Waals surface area contributed by atoms with E-state index in [1.54, 1.807) is 31.0 Å². The monoisotopic (exact) mass is 491 g/mol. The van der Waals surface area contributed by atoms with E-state index in [2.05, 4.69) is 17.4 Å². The van der Waals surface area contributed by atoms with Gasteiger partial charge in [-0.2, -0.15) is 0 Å². The molecule has 0 aliphatic carbocycles. The first kappa shape index (κ1) is 24.0. The Bertz CT molecular complexity index is 1080. The van der Waals surface area contributed by atoms with Crippen molar-refractivity contribution in [3.05, 3.63) is 108 Å². The lowest BCUT2D eigenvalue weighted by Crippen LogP contribution is -2.65. The second kappa shape index (κ2) is 11.4. The van der Waals surface area contributed by atoms with Gasteiger partial charge in [0.15, 0.2) is 12.6 Å². The summed E-state index contributed by atoms with van der Waals surface area (Å²) < 4.78 is 24.5. The molecule has 2 fully saturated rings. The maximum absolute atomic E-state index is 13.1. The lowest BCUT2D eigenvalue weighted by atomic mass is 9.98. The highest BCUT2D eigenvalue weighted by molar-refractivity contribution is 7.99. The van der Waals surface area contributed by atoms with Crippen molar-refractivity contribution in [1.82, 2.24) is 5.32 Å². The topological polar surface area (TPSA) is 66.0 Å². The van der Waals surface area contributed by atoms with E-state index < -0.39 is 18.6 Å². The Hall–Kier alpha value is -2.68. The third-order valence-corrected chi connectivity index (χ3v) is 7.71. The molecule has 3 aromatic carbocycles. The summed E-state index contributed by atoms with van der Waals surface area (Å²) in [6, 6.07) is 28.9. The number of amides is 1. The number of nitrogens with one attached hydrogen (secondary N) is 1. The second-order valence-corrected chi connectivity index (χ2v) is 9.75. The maximum Gasteiger partial charge on any atom is 0.251 e. The van der Waals surface area contributed by atoms with Gasteiger partial charge in [0.25, 0.3) is 5.91 Å². The molecule has 35 heavy (non-hydrogen) atoms. The van der Waals surface area contributed by atoms with Crippen LogP contribution in [-0.4, -0.2) is 49.4 Å². The molecule has 6 atom stereocenters. The van der Waals surface area contributed by atoms with E-state index in [-0.39, 0.29) is 23.4 Å². The third-order valence-electron chi connectivity index (χ3n) is 6.26. The Morgan fingerprint density at radius 3 is 2.29 bits per heavy atom. The molecular weight excluding hydrogens is 462 g/mol. The molecule has 182 valence electrons. The average molecular weight is 492 g/mol. The number of benzene rings is 3. The standard InChI is InChI=1S/C28H29NO5S/c1-31-28-23(29-26(30)20-13-7-3-8-14-20)25(35-18-19-11-5-2-6-12-19)24-22(33-28)17-32-27(34-24)21-15-9-4-10-16-21/h2-16,22-25,27-28H,17-18H2,1H3,(H,29,30)/t22-,23-,24-,25+,27+,28-/m0/s1. The van der Waals surface area contributed by atoms with Crippen molar-refractivity contribution in [2.45, 2.75) is 41.8 Å². The average Bonchev–Trinajstić information content (AvgIpc) is 2.93. The van der Waals surface area contributed by atoms with Crippen LogP contribution in [0.25, 0.3) is 0 Å². The predicted molar refractivity (Wildman–Crippen MR) is 135 cm³/mol. The lowest BCUT2D eigenvalue weighted by molar-refractivity contribution is -0.316. The Labute approximate surface area is 209 Å². The molecule has 1 amide bonds. The molecule has 2 aliphatic heterocycles. The van der Waals surface area contributed by atoms with E-state index in [4.69, 9.17) is 18.9 Å². The SMILES string of the molecule is CO[C@H]1O[C@H]2CO[C@@H](c3ccccc3)O[C@@H]2[C@H](SCc2ccccc2)[C@@H]1NC(=O)c1ccccc1. The predicted octanol–water partition coefficient (Wildman–Crippen LogP) is 4.57. The first-order valence-corrected chi connectivity index (χ1v) is 12.8. The molecule has 6 nitrogen and oxygen atoms in total. The first-order chi connectivity index (χ1) is 17.2. The van der Waals surface area contributed by atoms with Gasteiger partial charge >= 0.3 is 0 Å². The van der Waals surface area contributed by atoms with Gasteiger partial charge in [-0.3, -0.25) is 4.79 Å². The summed E-state index contributed by atoms with van der Waals surface area (Å²) in [5.74, 6) is 0.597. The largest absolute Gasteiger partial charge is 0.354 e. The first-order valence-electron chi connectivity index (χ1n) is 11.7. The maximum atomic E-state index is 13.1. The minimum atomic E-state index is -0.627. The smallest absolute Gasteiger partial charge is 0.251 e. The van der Waals surface area contributed by atoms with Crippen LogP contribution in [0.5, 0.6) is 0 Å². The van der Waals surface area contributed by atoms with Gasteiger partial charge in [-0.25, -0.2) is 0 Å². The van der Waals surface area contributed by atoms with Crippen molar-refractivity contribution in [3.63, 3.8) is 0 Å². The fourth-order valence-corrected chi connectivity index (χ4v) is 5.91. The summed E-state index contributed by atoms with van der Waals surface area (Å²) >= 11 is 1.74. The van der Waals surface area contributed by atoms with E-state index in [9.17, 15) is 4.79 Å². The van der Waals surface area contributed by atoms with Crippen molar-refractivity contribution >= 4 is 17.7 Å². The zero-order valence-electron chi connectivity index (χ0n) is 19.5. The molecule has 1 N–H and O–H groups in total. The number of carbonyl (C=O) groups is 1. The van der Waals surface area contributed by atoms with Crippen molar-refractivity contribution in [1.29, 1.82) is 0 Å². The Balaban J connectivity index is 1.42. The summed E-state index contributed by atoms with van der Waals surface area (Å²) in [7, 11) is 1.60. The summed E-state index contributed by atoms with van der Waals surface area (Å²) in [5, 5.41) is 3.06. The number of fused-ring (bicyclic) bond motifs is 1. The number of ether oxygens (including phenoxy) is 4. The minimum absolute atomic E-state index is 0.123. The quantitative estimate of drug-likeness (QED) is 0.522. The molecule has 0 saturated carbocycles. The molecule has 0 aromatic heterocycles. The minimum Gasteiger partial charge on any atom is -0.354 e. The Morgan fingerprint density at radius 1 is 0.943 bits per heavy atom. The van der Waals surface area contributed by atoms with Crippen molar-refractivity contribution < 1.29 is 23.7 Å². The van der Waals surface area contributed by atoms with Crippen molar-refractivity contribution in [2.75, 3.05) is 13.7 Å². The molecule has 2 saturated heterocycles. The highest BCUT2D eigenvalue weighted by Crippen LogP contribution is 2.40. The van der Waals surface area contributed by atoms with E-state index in [0.717, 1.165) is 11.3 Å². The molecule has 2 heterocycles. The van der Waals surface area contributed by atoms with Gasteiger partial charge in [0.05, 0.1) is 17.9 Å². The fraction of sp³-hybridized carbons (Fsp3) is 0.321. The molecule has 3 aromatic rings. The highest BCUT2D eigenvalue weighted by atomic mass is 32.2. The summed E-state index contributed by atoms with van der Waals surface area (Å²) in [6.07, 6.45) is -1.73. The number of hydrogen-bond donors (Lipinski definition) is 1. The Kier molecular flexibility index (Phi) is 7.81. The van der Waals surface area contributed by atoms with Crippen molar-refractivity contribution in [2.24, 2.45) is 0 Å². The molecule has 7 heteroatoms. The van der Waals surface area contributed by atoms with Gasteiger partial charge in [0.1, 0.15) is 12.2 Å². The fourth-order valence-electron chi connectivity index (χ4n) is 4.50. The van der Waals surface area contributed by atoms with Crippen LogP contribution in [0.1, 0.15) is 27.8 Å². The Morgan fingerprint density at radius 2 is 1.60 bits per heavy atom. The van der Waals surface area contributed by atoms with E-state index in [0.29, 0.717) is 12.2 Å². The normalized spacial score (nSPS) is 28.1. The molecule has 2 aliphatic rings. The zero-order chi connectivity index (χ0) is 24.0. The van der Waals surface area contributed by atoms with E-state index in [1.807, 2.05) is 66.7 Å². The van der Waals surface area contributed by atoms with Crippen LogP contribution in [0.2, 0.25) is 0 Å². The molecule has 0 bridgehead atoms. The number of hydrogen-bond acceptors (Lipinski definition) is 6. The van der Waals surface area contributed by atoms with Crippen LogP contribution in [-0.2, 0) is 24.7 Å². The van der Waals surface area contributed by atoms with Gasteiger partial charge in [0, 0.05) is 24.0 Å². The molecule has 5 rings (SSSR count). The number of rotatable bonds is 7. The molecule has 0 radical (unpaired) electrons. The van der Waals surface area contributed by atoms with Gasteiger partial charge in [-0.15, -0.1) is 11.8 Å². The lowest BCUT2D eigenvalue weighted by Gasteiger charge is -2.49. The zero-order valence-corrected chi connectivity index (χ0v) is 20.3. The van der Waals surface area contributed by atoms with Gasteiger partial charge < -0.3 is 24.3 Å². The second-order valence-electron chi connectivity index (χ2n) is 8.58.